The highest BCUT2D eigenvalue weighted by Crippen LogP contribution is 2.31. The van der Waals surface area contributed by atoms with E-state index in [1.807, 2.05) is 19.9 Å². The van der Waals surface area contributed by atoms with Crippen LogP contribution in [0.25, 0.3) is 0 Å². The molecule has 1 N–H and O–H groups in total. The molecule has 0 unspecified atom stereocenters. The molecule has 3 heteroatoms. The summed E-state index contributed by atoms with van der Waals surface area (Å²) in [5, 5.41) is 9.18. The molecule has 1 aromatic carbocycles. The van der Waals surface area contributed by atoms with Gasteiger partial charge in [0, 0.05) is 10.0 Å². The van der Waals surface area contributed by atoms with Gasteiger partial charge in [0.15, 0.2) is 0 Å². The Hall–Kier alpha value is -0.540. The third kappa shape index (κ3) is 1.86. The van der Waals surface area contributed by atoms with Crippen LogP contribution >= 0.6 is 15.9 Å². The van der Waals surface area contributed by atoms with E-state index in [0.29, 0.717) is 0 Å². The summed E-state index contributed by atoms with van der Waals surface area (Å²) in [5.74, 6) is 0.781. The van der Waals surface area contributed by atoms with Crippen LogP contribution in [0, 0.1) is 13.8 Å². The highest BCUT2D eigenvalue weighted by atomic mass is 79.9. The summed E-state index contributed by atoms with van der Waals surface area (Å²) >= 11 is 3.43. The van der Waals surface area contributed by atoms with Gasteiger partial charge in [0.05, 0.1) is 13.7 Å². The topological polar surface area (TPSA) is 29.5 Å². The second-order valence-electron chi connectivity index (χ2n) is 2.97. The normalized spacial score (nSPS) is 10.2. The summed E-state index contributed by atoms with van der Waals surface area (Å²) in [6, 6.07) is 1.99. The third-order valence-corrected chi connectivity index (χ3v) is 2.97. The first kappa shape index (κ1) is 10.5. The number of methoxy groups -OCH3 is 1. The van der Waals surface area contributed by atoms with E-state index >= 15 is 0 Å². The summed E-state index contributed by atoms with van der Waals surface area (Å²) in [5.41, 5.74) is 2.92. The fourth-order valence-corrected chi connectivity index (χ4v) is 1.97. The second kappa shape index (κ2) is 4.11. The van der Waals surface area contributed by atoms with Gasteiger partial charge in [-0.3, -0.25) is 0 Å². The van der Waals surface area contributed by atoms with Gasteiger partial charge in [0.1, 0.15) is 5.75 Å². The number of halogens is 1. The first-order valence-corrected chi connectivity index (χ1v) is 4.84. The van der Waals surface area contributed by atoms with Gasteiger partial charge in [-0.15, -0.1) is 0 Å². The molecule has 0 saturated heterocycles. The quantitative estimate of drug-likeness (QED) is 0.867. The first-order valence-electron chi connectivity index (χ1n) is 4.05. The Morgan fingerprint density at radius 2 is 2.08 bits per heavy atom. The molecule has 2 nitrogen and oxygen atoms in total. The average Bonchev–Trinajstić information content (AvgIpc) is 2.10. The van der Waals surface area contributed by atoms with Crippen molar-refractivity contribution in [2.24, 2.45) is 0 Å². The molecule has 0 saturated carbocycles. The molecule has 13 heavy (non-hydrogen) atoms. The first-order chi connectivity index (χ1) is 6.11. The van der Waals surface area contributed by atoms with E-state index in [9.17, 15) is 5.11 Å². The van der Waals surface area contributed by atoms with Crippen LogP contribution in [0.4, 0.5) is 0 Å². The minimum atomic E-state index is 0.00921. The lowest BCUT2D eigenvalue weighted by molar-refractivity contribution is 0.272. The van der Waals surface area contributed by atoms with E-state index in [1.54, 1.807) is 7.11 Å². The molecular weight excluding hydrogens is 232 g/mol. The summed E-state index contributed by atoms with van der Waals surface area (Å²) in [7, 11) is 1.62. The van der Waals surface area contributed by atoms with Crippen LogP contribution in [-0.4, -0.2) is 12.2 Å². The van der Waals surface area contributed by atoms with Crippen LogP contribution in [0.5, 0.6) is 5.75 Å². The number of hydrogen-bond donors (Lipinski definition) is 1. The lowest BCUT2D eigenvalue weighted by atomic mass is 10.0. The van der Waals surface area contributed by atoms with Crippen LogP contribution in [0.15, 0.2) is 10.5 Å². The summed E-state index contributed by atoms with van der Waals surface area (Å²) in [4.78, 5) is 0. The molecule has 0 amide bonds. The monoisotopic (exact) mass is 244 g/mol. The van der Waals surface area contributed by atoms with Gasteiger partial charge in [-0.1, -0.05) is 15.9 Å². The minimum Gasteiger partial charge on any atom is -0.496 e. The van der Waals surface area contributed by atoms with E-state index in [-0.39, 0.29) is 6.61 Å². The molecule has 0 radical (unpaired) electrons. The van der Waals surface area contributed by atoms with Crippen LogP contribution in [0.3, 0.4) is 0 Å². The van der Waals surface area contributed by atoms with E-state index in [1.165, 1.54) is 0 Å². The second-order valence-corrected chi connectivity index (χ2v) is 3.82. The fourth-order valence-electron chi connectivity index (χ4n) is 1.39. The number of aliphatic hydroxyl groups is 1. The molecule has 0 bridgehead atoms. The van der Waals surface area contributed by atoms with E-state index in [4.69, 9.17) is 4.74 Å². The summed E-state index contributed by atoms with van der Waals surface area (Å²) in [6.45, 7) is 3.93. The number of hydrogen-bond acceptors (Lipinski definition) is 2. The molecule has 72 valence electrons. The average molecular weight is 245 g/mol. The molecule has 0 aliphatic rings. The molecule has 0 atom stereocenters. The number of ether oxygens (including phenoxy) is 1. The predicted octanol–water partition coefficient (Wildman–Crippen LogP) is 2.57. The number of benzene rings is 1. The highest BCUT2D eigenvalue weighted by Gasteiger charge is 2.11. The zero-order valence-electron chi connectivity index (χ0n) is 8.02. The molecule has 0 heterocycles. The van der Waals surface area contributed by atoms with Crippen molar-refractivity contribution in [1.29, 1.82) is 0 Å². The Morgan fingerprint density at radius 1 is 1.46 bits per heavy atom. The van der Waals surface area contributed by atoms with Gasteiger partial charge in [0.25, 0.3) is 0 Å². The van der Waals surface area contributed by atoms with Crippen molar-refractivity contribution < 1.29 is 9.84 Å². The van der Waals surface area contributed by atoms with E-state index < -0.39 is 0 Å². The van der Waals surface area contributed by atoms with Crippen molar-refractivity contribution in [1.82, 2.24) is 0 Å². The van der Waals surface area contributed by atoms with Crippen molar-refractivity contribution in [2.75, 3.05) is 7.11 Å². The third-order valence-electron chi connectivity index (χ3n) is 2.15. The minimum absolute atomic E-state index is 0.00921. The Bertz CT molecular complexity index is 321. The van der Waals surface area contributed by atoms with Crippen molar-refractivity contribution in [3.63, 3.8) is 0 Å². The van der Waals surface area contributed by atoms with Crippen LogP contribution in [-0.2, 0) is 6.61 Å². The number of aliphatic hydroxyl groups excluding tert-OH is 1. The molecule has 0 aliphatic carbocycles. The molecular formula is C10H13BrO2. The van der Waals surface area contributed by atoms with Gasteiger partial charge in [-0.25, -0.2) is 0 Å². The number of aryl methyl sites for hydroxylation is 1. The van der Waals surface area contributed by atoms with Crippen molar-refractivity contribution >= 4 is 15.9 Å². The van der Waals surface area contributed by atoms with E-state index in [0.717, 1.165) is 26.9 Å². The zero-order valence-corrected chi connectivity index (χ0v) is 9.60. The smallest absolute Gasteiger partial charge is 0.127 e. The SMILES string of the molecule is COc1c(C)cc(Br)c(C)c1CO. The Labute approximate surface area is 86.7 Å². The maximum Gasteiger partial charge on any atom is 0.127 e. The highest BCUT2D eigenvalue weighted by molar-refractivity contribution is 9.10. The van der Waals surface area contributed by atoms with Gasteiger partial charge in [-0.2, -0.15) is 0 Å². The lowest BCUT2D eigenvalue weighted by Crippen LogP contribution is -1.98. The van der Waals surface area contributed by atoms with Gasteiger partial charge < -0.3 is 9.84 Å². The molecule has 0 aliphatic heterocycles. The van der Waals surface area contributed by atoms with Crippen molar-refractivity contribution in [2.45, 2.75) is 20.5 Å². The summed E-state index contributed by atoms with van der Waals surface area (Å²) < 4.78 is 6.23. The molecule has 1 rings (SSSR count). The van der Waals surface area contributed by atoms with Crippen LogP contribution < -0.4 is 4.74 Å². The van der Waals surface area contributed by atoms with Crippen molar-refractivity contribution in [3.05, 3.63) is 27.2 Å². The standard InChI is InChI=1S/C10H13BrO2/c1-6-4-9(11)7(2)8(5-12)10(6)13-3/h4,12H,5H2,1-3H3. The Morgan fingerprint density at radius 3 is 2.54 bits per heavy atom. The van der Waals surface area contributed by atoms with Gasteiger partial charge in [0.2, 0.25) is 0 Å². The van der Waals surface area contributed by atoms with Crippen LogP contribution in [0.2, 0.25) is 0 Å². The van der Waals surface area contributed by atoms with Crippen LogP contribution in [0.1, 0.15) is 16.7 Å². The van der Waals surface area contributed by atoms with Crippen molar-refractivity contribution in [3.8, 4) is 5.75 Å². The molecule has 0 spiro atoms. The molecule has 1 aromatic rings. The fraction of sp³-hybridized carbons (Fsp3) is 0.400. The number of rotatable bonds is 2. The molecule has 0 fully saturated rings. The largest absolute Gasteiger partial charge is 0.496 e. The summed E-state index contributed by atoms with van der Waals surface area (Å²) in [6.07, 6.45) is 0. The maximum atomic E-state index is 9.18. The van der Waals surface area contributed by atoms with E-state index in [2.05, 4.69) is 15.9 Å². The van der Waals surface area contributed by atoms with Gasteiger partial charge >= 0.3 is 0 Å². The predicted molar refractivity (Wildman–Crippen MR) is 56.1 cm³/mol. The maximum absolute atomic E-state index is 9.18. The Kier molecular flexibility index (Phi) is 3.33. The Balaban J connectivity index is 3.41. The zero-order chi connectivity index (χ0) is 10.0. The molecule has 0 aromatic heterocycles. The van der Waals surface area contributed by atoms with Gasteiger partial charge in [-0.05, 0) is 31.0 Å². The lowest BCUT2D eigenvalue weighted by Gasteiger charge is -2.13.